The Balaban J connectivity index is 1.20. The van der Waals surface area contributed by atoms with Crippen LogP contribution in [0.15, 0.2) is 57.0 Å². The van der Waals surface area contributed by atoms with Crippen molar-refractivity contribution in [3.63, 3.8) is 0 Å². The van der Waals surface area contributed by atoms with E-state index < -0.39 is 12.1 Å². The summed E-state index contributed by atoms with van der Waals surface area (Å²) in [5, 5.41) is 4.18. The minimum atomic E-state index is -0.587. The van der Waals surface area contributed by atoms with Crippen molar-refractivity contribution in [3.8, 4) is 0 Å². The van der Waals surface area contributed by atoms with E-state index in [0.29, 0.717) is 29.1 Å². The molecule has 0 bridgehead atoms. The van der Waals surface area contributed by atoms with E-state index >= 15 is 0 Å². The first-order valence-corrected chi connectivity index (χ1v) is 13.3. The maximum atomic E-state index is 12.4. The molecule has 0 saturated carbocycles. The first kappa shape index (κ1) is 26.2. The highest BCUT2D eigenvalue weighted by atomic mass is 35.5. The molecule has 2 aliphatic carbocycles. The molecule has 0 aromatic rings. The molecular weight excluding hydrogens is 511 g/mol. The van der Waals surface area contributed by atoms with Crippen molar-refractivity contribution in [2.75, 3.05) is 38.5 Å². The molecule has 1 saturated heterocycles. The summed E-state index contributed by atoms with van der Waals surface area (Å²) >= 11 is 13.6. The number of hydrogen-bond acceptors (Lipinski definition) is 7. The van der Waals surface area contributed by atoms with E-state index in [4.69, 9.17) is 32.7 Å². The Bertz CT molecular complexity index is 1030. The zero-order valence-corrected chi connectivity index (χ0v) is 21.7. The van der Waals surface area contributed by atoms with Crippen LogP contribution in [-0.2, 0) is 23.9 Å². The molecule has 35 heavy (non-hydrogen) atoms. The lowest BCUT2D eigenvalue weighted by atomic mass is 9.91. The molecule has 0 aromatic heterocycles. The zero-order valence-electron chi connectivity index (χ0n) is 19.4. The normalized spacial score (nSPS) is 28.7. The standard InChI is InChI=1S/C25H28Cl2N2O5S/c1-15(30)20-10-17-9-19(3-5-23(17)34-25(20)32)35-14-24(31)28-11-18-13-29(6-7-33-18)12-16-2-4-21(26)22(27)8-16/h3-5,8-10,16-18,23H,2,6-7,11-14H2,1H3,(H,28,31)/t16?,17?,18-,23?/m0/s1. The van der Waals surface area contributed by atoms with E-state index in [2.05, 4.69) is 10.2 Å². The van der Waals surface area contributed by atoms with Crippen molar-refractivity contribution in [2.24, 2.45) is 11.8 Å². The summed E-state index contributed by atoms with van der Waals surface area (Å²) in [6.07, 6.45) is 11.6. The first-order valence-electron chi connectivity index (χ1n) is 11.6. The van der Waals surface area contributed by atoms with Crippen LogP contribution in [0.5, 0.6) is 0 Å². The van der Waals surface area contributed by atoms with Crippen molar-refractivity contribution in [3.05, 3.63) is 57.0 Å². The second-order valence-corrected chi connectivity index (χ2v) is 10.8. The first-order chi connectivity index (χ1) is 16.8. The Morgan fingerprint density at radius 3 is 2.83 bits per heavy atom. The van der Waals surface area contributed by atoms with Crippen LogP contribution >= 0.6 is 35.0 Å². The molecule has 4 rings (SSSR count). The summed E-state index contributed by atoms with van der Waals surface area (Å²) in [7, 11) is 0. The topological polar surface area (TPSA) is 84.9 Å². The molecule has 2 heterocycles. The van der Waals surface area contributed by atoms with Crippen LogP contribution < -0.4 is 5.32 Å². The molecule has 188 valence electrons. The quantitative estimate of drug-likeness (QED) is 0.374. The number of hydrogen-bond donors (Lipinski definition) is 1. The summed E-state index contributed by atoms with van der Waals surface area (Å²) in [6.45, 7) is 4.88. The fourth-order valence-electron chi connectivity index (χ4n) is 4.39. The second-order valence-electron chi connectivity index (χ2n) is 8.92. The van der Waals surface area contributed by atoms with Crippen LogP contribution in [0.4, 0.5) is 0 Å². The molecule has 1 amide bonds. The monoisotopic (exact) mass is 538 g/mol. The maximum Gasteiger partial charge on any atom is 0.342 e. The SMILES string of the molecule is CC(=O)C1=CC2C=C(SCC(=O)NC[C@H]3CN(CC4C=C(Cl)C(Cl)=CC4)CCO3)C=CC2OC1=O. The van der Waals surface area contributed by atoms with Crippen LogP contribution in [0.1, 0.15) is 13.3 Å². The largest absolute Gasteiger partial charge is 0.453 e. The number of morpholine rings is 1. The van der Waals surface area contributed by atoms with Crippen molar-refractivity contribution in [1.29, 1.82) is 0 Å². The van der Waals surface area contributed by atoms with Crippen molar-refractivity contribution in [2.45, 2.75) is 25.6 Å². The predicted octanol–water partition coefficient (Wildman–Crippen LogP) is 3.31. The Kier molecular flexibility index (Phi) is 8.94. The van der Waals surface area contributed by atoms with Gasteiger partial charge in [-0.1, -0.05) is 47.5 Å². The van der Waals surface area contributed by atoms with E-state index in [1.54, 1.807) is 12.2 Å². The van der Waals surface area contributed by atoms with Crippen LogP contribution in [0.3, 0.4) is 0 Å². The summed E-state index contributed by atoms with van der Waals surface area (Å²) in [6, 6.07) is 0. The van der Waals surface area contributed by atoms with Gasteiger partial charge in [0.25, 0.3) is 0 Å². The molecule has 1 fully saturated rings. The summed E-state index contributed by atoms with van der Waals surface area (Å²) in [5.74, 6) is -0.607. The Morgan fingerprint density at radius 1 is 1.23 bits per heavy atom. The van der Waals surface area contributed by atoms with Gasteiger partial charge in [-0.15, -0.1) is 11.8 Å². The van der Waals surface area contributed by atoms with Gasteiger partial charge in [-0.25, -0.2) is 4.79 Å². The number of thioether (sulfide) groups is 1. The van der Waals surface area contributed by atoms with Crippen LogP contribution in [-0.4, -0.2) is 73.3 Å². The third-order valence-corrected chi connectivity index (χ3v) is 8.01. The number of esters is 1. The average molecular weight is 539 g/mol. The van der Waals surface area contributed by atoms with E-state index in [0.717, 1.165) is 31.0 Å². The lowest BCUT2D eigenvalue weighted by Crippen LogP contribution is -2.48. The lowest BCUT2D eigenvalue weighted by Gasteiger charge is -2.35. The molecule has 3 unspecified atom stereocenters. The van der Waals surface area contributed by atoms with Crippen molar-refractivity contribution >= 4 is 52.6 Å². The number of ether oxygens (including phenoxy) is 2. The van der Waals surface area contributed by atoms with E-state index in [-0.39, 0.29) is 35.0 Å². The predicted molar refractivity (Wildman–Crippen MR) is 137 cm³/mol. The number of nitrogens with one attached hydrogen (secondary N) is 1. The van der Waals surface area contributed by atoms with Gasteiger partial charge in [-0.3, -0.25) is 14.5 Å². The minimum Gasteiger partial charge on any atom is -0.453 e. The van der Waals surface area contributed by atoms with E-state index in [9.17, 15) is 14.4 Å². The number of nitrogens with zero attached hydrogens (tertiary/aromatic N) is 1. The van der Waals surface area contributed by atoms with Gasteiger partial charge in [0, 0.05) is 37.0 Å². The van der Waals surface area contributed by atoms with Gasteiger partial charge in [-0.05, 0) is 31.4 Å². The number of fused-ring (bicyclic) bond motifs is 1. The van der Waals surface area contributed by atoms with Crippen LogP contribution in [0.25, 0.3) is 0 Å². The molecule has 7 nitrogen and oxygen atoms in total. The van der Waals surface area contributed by atoms with Gasteiger partial charge >= 0.3 is 5.97 Å². The summed E-state index contributed by atoms with van der Waals surface area (Å²) < 4.78 is 11.2. The molecule has 1 N–H and O–H groups in total. The molecule has 10 heteroatoms. The number of halogens is 2. The number of ketones is 1. The maximum absolute atomic E-state index is 12.4. The molecule has 4 aliphatic rings. The minimum absolute atomic E-state index is 0.0681. The number of Topliss-reactive ketones (excluding diaryl/α,β-unsaturated/α-hetero) is 1. The number of carbonyl (C=O) groups excluding carboxylic acids is 3. The third kappa shape index (κ3) is 7.11. The van der Waals surface area contributed by atoms with Crippen molar-refractivity contribution < 1.29 is 23.9 Å². The summed E-state index contributed by atoms with van der Waals surface area (Å²) in [5.41, 5.74) is 0.0734. The number of allylic oxidation sites excluding steroid dienone is 4. The molecule has 0 spiro atoms. The molecular formula is C25H28Cl2N2O5S. The Labute approximate surface area is 219 Å². The van der Waals surface area contributed by atoms with Crippen molar-refractivity contribution in [1.82, 2.24) is 10.2 Å². The molecule has 2 aliphatic heterocycles. The molecule has 4 atom stereocenters. The van der Waals surface area contributed by atoms with Gasteiger partial charge in [0.2, 0.25) is 5.91 Å². The highest BCUT2D eigenvalue weighted by Gasteiger charge is 2.32. The number of rotatable bonds is 8. The van der Waals surface area contributed by atoms with Gasteiger partial charge in [0.15, 0.2) is 5.78 Å². The van der Waals surface area contributed by atoms with Gasteiger partial charge in [0.1, 0.15) is 6.10 Å². The Morgan fingerprint density at radius 2 is 2.06 bits per heavy atom. The van der Waals surface area contributed by atoms with Gasteiger partial charge < -0.3 is 14.8 Å². The highest BCUT2D eigenvalue weighted by molar-refractivity contribution is 8.03. The zero-order chi connectivity index (χ0) is 24.9. The van der Waals surface area contributed by atoms with Gasteiger partial charge in [0.05, 0.1) is 34.1 Å². The lowest BCUT2D eigenvalue weighted by molar-refractivity contribution is -0.145. The fraction of sp³-hybridized carbons (Fsp3) is 0.480. The van der Waals surface area contributed by atoms with Crippen LogP contribution in [0.2, 0.25) is 0 Å². The number of carbonyl (C=O) groups is 3. The summed E-state index contributed by atoms with van der Waals surface area (Å²) in [4.78, 5) is 39.2. The molecule has 0 aromatic carbocycles. The molecule has 0 radical (unpaired) electrons. The van der Waals surface area contributed by atoms with E-state index in [1.165, 1.54) is 18.7 Å². The third-order valence-electron chi connectivity index (χ3n) is 6.21. The highest BCUT2D eigenvalue weighted by Crippen LogP contribution is 2.32. The second kappa shape index (κ2) is 11.9. The van der Waals surface area contributed by atoms with Crippen LogP contribution in [0, 0.1) is 11.8 Å². The fourth-order valence-corrected chi connectivity index (χ4v) is 5.62. The number of amides is 1. The van der Waals surface area contributed by atoms with Gasteiger partial charge in [-0.2, -0.15) is 0 Å². The van der Waals surface area contributed by atoms with E-state index in [1.807, 2.05) is 24.3 Å². The smallest absolute Gasteiger partial charge is 0.342 e. The Hall–Kier alpha value is -1.84. The average Bonchev–Trinajstić information content (AvgIpc) is 2.83.